The number of halogens is 4. The first kappa shape index (κ1) is 22.8. The number of alkyl halides is 3. The first-order valence-electron chi connectivity index (χ1n) is 9.06. The van der Waals surface area contributed by atoms with Crippen LogP contribution in [0.2, 0.25) is 0 Å². The highest BCUT2D eigenvalue weighted by atomic mass is 79.9. The van der Waals surface area contributed by atoms with Crippen molar-refractivity contribution in [3.63, 3.8) is 0 Å². The quantitative estimate of drug-likeness (QED) is 0.601. The maximum Gasteiger partial charge on any atom is 0.417 e. The van der Waals surface area contributed by atoms with Crippen molar-refractivity contribution < 1.29 is 31.1 Å². The van der Waals surface area contributed by atoms with Crippen LogP contribution in [0.5, 0.6) is 0 Å². The Kier molecular flexibility index (Phi) is 6.58. The number of hydrogen-bond acceptors (Lipinski definition) is 5. The van der Waals surface area contributed by atoms with Crippen molar-refractivity contribution >= 4 is 31.9 Å². The summed E-state index contributed by atoms with van der Waals surface area (Å²) in [5.74, 6) is -0.408. The molecule has 1 aromatic carbocycles. The zero-order valence-corrected chi connectivity index (χ0v) is 18.3. The van der Waals surface area contributed by atoms with Crippen LogP contribution in [0.4, 0.5) is 13.2 Å². The van der Waals surface area contributed by atoms with Crippen molar-refractivity contribution in [1.29, 1.82) is 0 Å². The molecule has 1 atom stereocenters. The van der Waals surface area contributed by atoms with E-state index in [1.807, 2.05) is 0 Å². The predicted molar refractivity (Wildman–Crippen MR) is 104 cm³/mol. The largest absolute Gasteiger partial charge is 0.464 e. The summed E-state index contributed by atoms with van der Waals surface area (Å²) in [6.45, 7) is 1.77. The molecule has 1 aliphatic carbocycles. The van der Waals surface area contributed by atoms with Crippen molar-refractivity contribution in [2.45, 2.75) is 49.8 Å². The van der Waals surface area contributed by atoms with Crippen molar-refractivity contribution in [1.82, 2.24) is 14.5 Å². The zero-order chi connectivity index (χ0) is 22.1. The molecule has 0 saturated carbocycles. The number of esters is 1. The van der Waals surface area contributed by atoms with Crippen LogP contribution in [0, 0.1) is 0 Å². The summed E-state index contributed by atoms with van der Waals surface area (Å²) >= 11 is 2.81. The number of aromatic nitrogens is 2. The number of rotatable bonds is 6. The predicted octanol–water partition coefficient (Wildman–Crippen LogP) is 3.58. The SMILES string of the molecule is CC(=O)OCCn1ncc2c1CCCC2NS(=O)(=O)c1ccc(Br)c(C(F)(F)F)c1. The van der Waals surface area contributed by atoms with Gasteiger partial charge in [-0.05, 0) is 37.5 Å². The van der Waals surface area contributed by atoms with E-state index in [0.29, 0.717) is 37.4 Å². The number of carbonyl (C=O) groups is 1. The van der Waals surface area contributed by atoms with E-state index < -0.39 is 38.7 Å². The molecule has 0 spiro atoms. The fourth-order valence-electron chi connectivity index (χ4n) is 3.35. The lowest BCUT2D eigenvalue weighted by atomic mass is 9.94. The second-order valence-corrected chi connectivity index (χ2v) is 9.38. The first-order chi connectivity index (χ1) is 14.0. The molecule has 1 aromatic heterocycles. The summed E-state index contributed by atoms with van der Waals surface area (Å²) in [5, 5.41) is 4.24. The summed E-state index contributed by atoms with van der Waals surface area (Å²) < 4.78 is 73.8. The standard InChI is InChI=1S/C18H19BrF3N3O4S/c1-11(26)29-8-7-25-17-4-2-3-16(13(17)10-23-25)24-30(27,28)12-5-6-15(19)14(9-12)18(20,21)22/h5-6,9-10,16,24H,2-4,7-8H2,1H3. The Bertz CT molecular complexity index is 1050. The third kappa shape index (κ3) is 5.03. The van der Waals surface area contributed by atoms with E-state index in [9.17, 15) is 26.4 Å². The van der Waals surface area contributed by atoms with Gasteiger partial charge < -0.3 is 4.74 Å². The summed E-state index contributed by atoms with van der Waals surface area (Å²) in [7, 11) is -4.20. The van der Waals surface area contributed by atoms with Gasteiger partial charge in [-0.25, -0.2) is 13.1 Å². The molecular formula is C18H19BrF3N3O4S. The molecule has 12 heteroatoms. The second kappa shape index (κ2) is 8.67. The van der Waals surface area contributed by atoms with E-state index in [0.717, 1.165) is 17.8 Å². The number of sulfonamides is 1. The van der Waals surface area contributed by atoms with Crippen LogP contribution in [-0.4, -0.2) is 30.8 Å². The van der Waals surface area contributed by atoms with Crippen molar-refractivity contribution in [2.75, 3.05) is 6.61 Å². The van der Waals surface area contributed by atoms with Gasteiger partial charge in [-0.3, -0.25) is 9.48 Å². The minimum absolute atomic E-state index is 0.138. The van der Waals surface area contributed by atoms with Crippen LogP contribution >= 0.6 is 15.9 Å². The van der Waals surface area contributed by atoms with Gasteiger partial charge in [0, 0.05) is 22.7 Å². The first-order valence-corrected chi connectivity index (χ1v) is 11.3. The summed E-state index contributed by atoms with van der Waals surface area (Å²) in [4.78, 5) is 10.4. The van der Waals surface area contributed by atoms with Crippen LogP contribution in [-0.2, 0) is 38.7 Å². The third-order valence-corrected chi connectivity index (χ3v) is 6.88. The molecular weight excluding hydrogens is 491 g/mol. The minimum Gasteiger partial charge on any atom is -0.464 e. The fourth-order valence-corrected chi connectivity index (χ4v) is 5.10. The summed E-state index contributed by atoms with van der Waals surface area (Å²) in [6.07, 6.45) is -1.31. The smallest absolute Gasteiger partial charge is 0.417 e. The van der Waals surface area contributed by atoms with Gasteiger partial charge in [-0.1, -0.05) is 15.9 Å². The Morgan fingerprint density at radius 2 is 2.13 bits per heavy atom. The van der Waals surface area contributed by atoms with Crippen LogP contribution in [0.15, 0.2) is 33.8 Å². The molecule has 0 radical (unpaired) electrons. The van der Waals surface area contributed by atoms with E-state index in [-0.39, 0.29) is 11.1 Å². The lowest BCUT2D eigenvalue weighted by Crippen LogP contribution is -2.31. The Morgan fingerprint density at radius 3 is 2.80 bits per heavy atom. The molecule has 2 aromatic rings. The van der Waals surface area contributed by atoms with Gasteiger partial charge in [0.25, 0.3) is 0 Å². The summed E-state index contributed by atoms with van der Waals surface area (Å²) in [5.41, 5.74) is 0.418. The second-order valence-electron chi connectivity index (χ2n) is 6.82. The molecule has 1 heterocycles. The van der Waals surface area contributed by atoms with Gasteiger partial charge >= 0.3 is 12.1 Å². The highest BCUT2D eigenvalue weighted by Crippen LogP contribution is 2.37. The Labute approximate surface area is 179 Å². The van der Waals surface area contributed by atoms with Crippen LogP contribution in [0.3, 0.4) is 0 Å². The summed E-state index contributed by atoms with van der Waals surface area (Å²) in [6, 6.07) is 2.18. The molecule has 3 rings (SSSR count). The van der Waals surface area contributed by atoms with E-state index >= 15 is 0 Å². The van der Waals surface area contributed by atoms with Crippen LogP contribution in [0.25, 0.3) is 0 Å². The third-order valence-electron chi connectivity index (χ3n) is 4.72. The molecule has 1 unspecified atom stereocenters. The molecule has 0 saturated heterocycles. The lowest BCUT2D eigenvalue weighted by molar-refractivity contribution is -0.141. The number of hydrogen-bond donors (Lipinski definition) is 1. The molecule has 1 aliphatic rings. The Morgan fingerprint density at radius 1 is 1.40 bits per heavy atom. The highest BCUT2D eigenvalue weighted by Gasteiger charge is 2.35. The van der Waals surface area contributed by atoms with Gasteiger partial charge in [0.15, 0.2) is 0 Å². The monoisotopic (exact) mass is 509 g/mol. The average molecular weight is 510 g/mol. The molecule has 1 N–H and O–H groups in total. The Balaban J connectivity index is 1.82. The topological polar surface area (TPSA) is 90.3 Å². The van der Waals surface area contributed by atoms with Crippen LogP contribution < -0.4 is 4.72 Å². The number of benzene rings is 1. The Hall–Kier alpha value is -1.92. The maximum atomic E-state index is 13.1. The van der Waals surface area contributed by atoms with E-state index in [1.54, 1.807) is 4.68 Å². The fraction of sp³-hybridized carbons (Fsp3) is 0.444. The normalized spacial score (nSPS) is 16.9. The number of nitrogens with zero attached hydrogens (tertiary/aromatic N) is 2. The molecule has 0 amide bonds. The molecule has 164 valence electrons. The van der Waals surface area contributed by atoms with Gasteiger partial charge in [0.1, 0.15) is 6.61 Å². The van der Waals surface area contributed by atoms with Gasteiger partial charge in [0.2, 0.25) is 10.0 Å². The van der Waals surface area contributed by atoms with Gasteiger partial charge in [-0.2, -0.15) is 18.3 Å². The highest BCUT2D eigenvalue weighted by molar-refractivity contribution is 9.10. The molecule has 30 heavy (non-hydrogen) atoms. The van der Waals surface area contributed by atoms with E-state index in [4.69, 9.17) is 4.74 Å². The average Bonchev–Trinajstić information content (AvgIpc) is 3.05. The minimum atomic E-state index is -4.69. The van der Waals surface area contributed by atoms with Crippen molar-refractivity contribution in [3.8, 4) is 0 Å². The van der Waals surface area contributed by atoms with Crippen molar-refractivity contribution in [3.05, 3.63) is 45.7 Å². The lowest BCUT2D eigenvalue weighted by Gasteiger charge is -2.24. The number of carbonyl (C=O) groups excluding carboxylic acids is 1. The maximum absolute atomic E-state index is 13.1. The number of ether oxygens (including phenoxy) is 1. The molecule has 0 bridgehead atoms. The number of fused-ring (bicyclic) bond motifs is 1. The number of nitrogens with one attached hydrogen (secondary N) is 1. The van der Waals surface area contributed by atoms with E-state index in [2.05, 4.69) is 25.8 Å². The van der Waals surface area contributed by atoms with Crippen LogP contribution in [0.1, 0.15) is 42.6 Å². The molecule has 7 nitrogen and oxygen atoms in total. The molecule has 0 fully saturated rings. The molecule has 0 aliphatic heterocycles. The van der Waals surface area contributed by atoms with Gasteiger partial charge in [0.05, 0.1) is 29.2 Å². The van der Waals surface area contributed by atoms with Crippen molar-refractivity contribution in [2.24, 2.45) is 0 Å². The zero-order valence-electron chi connectivity index (χ0n) is 15.9. The van der Waals surface area contributed by atoms with E-state index in [1.165, 1.54) is 13.1 Å². The van der Waals surface area contributed by atoms with Gasteiger partial charge in [-0.15, -0.1) is 0 Å².